The highest BCUT2D eigenvalue weighted by molar-refractivity contribution is 6.31. The number of hydrogen-bond donors (Lipinski definition) is 1. The zero-order valence-electron chi connectivity index (χ0n) is 12.8. The van der Waals surface area contributed by atoms with Crippen molar-refractivity contribution in [1.29, 1.82) is 0 Å². The minimum Gasteiger partial charge on any atom is -0.356 e. The lowest BCUT2D eigenvalue weighted by Gasteiger charge is -2.27. The largest absolute Gasteiger partial charge is 0.417 e. The van der Waals surface area contributed by atoms with E-state index in [-0.39, 0.29) is 10.7 Å². The zero-order chi connectivity index (χ0) is 17.2. The van der Waals surface area contributed by atoms with Crippen molar-refractivity contribution < 1.29 is 13.2 Å². The first kappa shape index (κ1) is 16.8. The summed E-state index contributed by atoms with van der Waals surface area (Å²) in [4.78, 5) is 10.5. The molecule has 0 bridgehead atoms. The molecule has 0 aliphatic carbocycles. The van der Waals surface area contributed by atoms with Gasteiger partial charge in [0.15, 0.2) is 0 Å². The Labute approximate surface area is 142 Å². The zero-order valence-corrected chi connectivity index (χ0v) is 13.5. The molecule has 1 aliphatic rings. The van der Waals surface area contributed by atoms with Crippen LogP contribution in [0.2, 0.25) is 5.02 Å². The van der Waals surface area contributed by atoms with Crippen LogP contribution in [0.3, 0.4) is 0 Å². The number of rotatable bonds is 3. The first-order chi connectivity index (χ1) is 11.4. The number of halogens is 4. The number of benzene rings is 1. The smallest absolute Gasteiger partial charge is 0.356 e. The maximum absolute atomic E-state index is 12.9. The summed E-state index contributed by atoms with van der Waals surface area (Å²) in [5, 5.41) is 2.56. The van der Waals surface area contributed by atoms with Gasteiger partial charge in [-0.3, -0.25) is 0 Å². The van der Waals surface area contributed by atoms with Crippen LogP contribution < -0.4 is 10.2 Å². The van der Waals surface area contributed by atoms with Crippen LogP contribution in [-0.2, 0) is 6.18 Å². The molecule has 1 fully saturated rings. The summed E-state index contributed by atoms with van der Waals surface area (Å²) in [7, 11) is 0. The van der Waals surface area contributed by atoms with Crippen LogP contribution in [0.15, 0.2) is 30.6 Å². The van der Waals surface area contributed by atoms with Crippen molar-refractivity contribution >= 4 is 28.9 Å². The Morgan fingerprint density at radius 2 is 1.79 bits per heavy atom. The molecule has 3 rings (SSSR count). The van der Waals surface area contributed by atoms with Gasteiger partial charge in [-0.1, -0.05) is 11.6 Å². The van der Waals surface area contributed by atoms with E-state index in [9.17, 15) is 13.2 Å². The Kier molecular flexibility index (Phi) is 4.80. The fraction of sp³-hybridized carbons (Fsp3) is 0.375. The summed E-state index contributed by atoms with van der Waals surface area (Å²) < 4.78 is 38.8. The molecule has 0 saturated carbocycles. The molecule has 24 heavy (non-hydrogen) atoms. The van der Waals surface area contributed by atoms with Gasteiger partial charge >= 0.3 is 6.18 Å². The lowest BCUT2D eigenvalue weighted by Crippen LogP contribution is -2.30. The first-order valence-electron chi connectivity index (χ1n) is 7.64. The molecule has 128 valence electrons. The SMILES string of the molecule is FC(F)(F)c1cc(Nc2cc(N3CCCCC3)ncn2)ccc1Cl. The highest BCUT2D eigenvalue weighted by atomic mass is 35.5. The van der Waals surface area contributed by atoms with Gasteiger partial charge in [0.1, 0.15) is 18.0 Å². The molecule has 1 N–H and O–H groups in total. The minimum atomic E-state index is -4.50. The maximum atomic E-state index is 12.9. The number of piperidine rings is 1. The third kappa shape index (κ3) is 3.90. The normalized spacial score (nSPS) is 15.4. The van der Waals surface area contributed by atoms with Gasteiger partial charge in [-0.2, -0.15) is 13.2 Å². The molecular weight excluding hydrogens is 341 g/mol. The van der Waals surface area contributed by atoms with E-state index in [1.165, 1.54) is 24.9 Å². The minimum absolute atomic E-state index is 0.273. The van der Waals surface area contributed by atoms with Crippen LogP contribution in [0.5, 0.6) is 0 Å². The third-order valence-electron chi connectivity index (χ3n) is 3.88. The van der Waals surface area contributed by atoms with Gasteiger partial charge in [0.25, 0.3) is 0 Å². The number of hydrogen-bond acceptors (Lipinski definition) is 4. The van der Waals surface area contributed by atoms with Crippen LogP contribution in [0.1, 0.15) is 24.8 Å². The molecule has 1 aliphatic heterocycles. The van der Waals surface area contributed by atoms with Gasteiger partial charge in [0.05, 0.1) is 10.6 Å². The Balaban J connectivity index is 1.81. The van der Waals surface area contributed by atoms with E-state index >= 15 is 0 Å². The molecule has 0 spiro atoms. The fourth-order valence-electron chi connectivity index (χ4n) is 2.68. The van der Waals surface area contributed by atoms with Crippen LogP contribution in [0, 0.1) is 0 Å². The van der Waals surface area contributed by atoms with Crippen molar-refractivity contribution in [2.75, 3.05) is 23.3 Å². The molecule has 8 heteroatoms. The van der Waals surface area contributed by atoms with Gasteiger partial charge in [-0.05, 0) is 37.5 Å². The molecular formula is C16H16ClF3N4. The average molecular weight is 357 g/mol. The van der Waals surface area contributed by atoms with E-state index in [0.717, 1.165) is 37.8 Å². The van der Waals surface area contributed by atoms with Gasteiger partial charge < -0.3 is 10.2 Å². The summed E-state index contributed by atoms with van der Waals surface area (Å²) >= 11 is 5.63. The Hall–Kier alpha value is -2.02. The highest BCUT2D eigenvalue weighted by Gasteiger charge is 2.33. The quantitative estimate of drug-likeness (QED) is 0.850. The van der Waals surface area contributed by atoms with Crippen molar-refractivity contribution in [1.82, 2.24) is 9.97 Å². The van der Waals surface area contributed by atoms with Crippen LogP contribution in [-0.4, -0.2) is 23.1 Å². The fourth-order valence-corrected chi connectivity index (χ4v) is 2.90. The third-order valence-corrected chi connectivity index (χ3v) is 4.21. The summed E-state index contributed by atoms with van der Waals surface area (Å²) in [5.74, 6) is 1.22. The molecule has 0 atom stereocenters. The number of aromatic nitrogens is 2. The predicted octanol–water partition coefficient (Wildman–Crippen LogP) is 4.88. The first-order valence-corrected chi connectivity index (χ1v) is 8.02. The van der Waals surface area contributed by atoms with Crippen molar-refractivity contribution in [2.24, 2.45) is 0 Å². The topological polar surface area (TPSA) is 41.0 Å². The second-order valence-electron chi connectivity index (χ2n) is 5.63. The second kappa shape index (κ2) is 6.84. The molecule has 2 aromatic rings. The molecule has 0 amide bonds. The number of anilines is 3. The standard InChI is InChI=1S/C16H16ClF3N4/c17-13-5-4-11(8-12(13)16(18,19)20)23-14-9-15(22-10-21-14)24-6-2-1-3-7-24/h4-5,8-10H,1-3,6-7H2,(H,21,22,23). The summed E-state index contributed by atoms with van der Waals surface area (Å²) in [5.41, 5.74) is -0.602. The van der Waals surface area contributed by atoms with Crippen LogP contribution in [0.25, 0.3) is 0 Å². The second-order valence-corrected chi connectivity index (χ2v) is 6.03. The van der Waals surface area contributed by atoms with E-state index in [4.69, 9.17) is 11.6 Å². The lowest BCUT2D eigenvalue weighted by molar-refractivity contribution is -0.137. The Bertz CT molecular complexity index is 715. The molecule has 1 saturated heterocycles. The number of alkyl halides is 3. The number of nitrogens with one attached hydrogen (secondary N) is 1. The van der Waals surface area contributed by atoms with Crippen molar-refractivity contribution in [2.45, 2.75) is 25.4 Å². The Morgan fingerprint density at radius 3 is 2.50 bits per heavy atom. The number of nitrogens with zero attached hydrogens (tertiary/aromatic N) is 3. The van der Waals surface area contributed by atoms with E-state index in [1.54, 1.807) is 6.07 Å². The molecule has 0 radical (unpaired) electrons. The van der Waals surface area contributed by atoms with Gasteiger partial charge in [0, 0.05) is 24.8 Å². The molecule has 1 aromatic carbocycles. The van der Waals surface area contributed by atoms with E-state index in [0.29, 0.717) is 5.82 Å². The van der Waals surface area contributed by atoms with Crippen molar-refractivity contribution in [3.63, 3.8) is 0 Å². The van der Waals surface area contributed by atoms with Gasteiger partial charge in [-0.25, -0.2) is 9.97 Å². The van der Waals surface area contributed by atoms with Crippen LogP contribution >= 0.6 is 11.6 Å². The highest BCUT2D eigenvalue weighted by Crippen LogP contribution is 2.36. The summed E-state index contributed by atoms with van der Waals surface area (Å²) in [6, 6.07) is 5.43. The summed E-state index contributed by atoms with van der Waals surface area (Å²) in [6.07, 6.45) is 0.335. The molecule has 1 aromatic heterocycles. The molecule has 4 nitrogen and oxygen atoms in total. The molecule has 0 unspecified atom stereocenters. The maximum Gasteiger partial charge on any atom is 0.417 e. The van der Waals surface area contributed by atoms with Crippen LogP contribution in [0.4, 0.5) is 30.5 Å². The predicted molar refractivity (Wildman–Crippen MR) is 87.8 cm³/mol. The van der Waals surface area contributed by atoms with Crippen molar-refractivity contribution in [3.05, 3.63) is 41.2 Å². The molecule has 2 heterocycles. The van der Waals surface area contributed by atoms with E-state index in [1.807, 2.05) is 0 Å². The monoisotopic (exact) mass is 356 g/mol. The summed E-state index contributed by atoms with van der Waals surface area (Å²) in [6.45, 7) is 1.85. The van der Waals surface area contributed by atoms with E-state index in [2.05, 4.69) is 20.2 Å². The van der Waals surface area contributed by atoms with E-state index < -0.39 is 11.7 Å². The van der Waals surface area contributed by atoms with Crippen molar-refractivity contribution in [3.8, 4) is 0 Å². The Morgan fingerprint density at radius 1 is 1.04 bits per heavy atom. The van der Waals surface area contributed by atoms with Gasteiger partial charge in [0.2, 0.25) is 0 Å². The average Bonchev–Trinajstić information content (AvgIpc) is 2.57. The lowest BCUT2D eigenvalue weighted by atomic mass is 10.1. The van der Waals surface area contributed by atoms with Gasteiger partial charge in [-0.15, -0.1) is 0 Å².